The fourth-order valence-corrected chi connectivity index (χ4v) is 2.60. The van der Waals surface area contributed by atoms with Crippen molar-refractivity contribution in [2.24, 2.45) is 5.92 Å². The van der Waals surface area contributed by atoms with E-state index in [1.54, 1.807) is 0 Å². The number of fused-ring (bicyclic) bond motifs is 1. The smallest absolute Gasteiger partial charge is 0.227 e. The Bertz CT molecular complexity index is 632. The number of Topliss-reactive ketones (excluding diaryl/α,β-unsaturated/α-hetero) is 1. The number of hydrogen-bond donors (Lipinski definition) is 0. The summed E-state index contributed by atoms with van der Waals surface area (Å²) in [5, 5.41) is 0. The Labute approximate surface area is 113 Å². The van der Waals surface area contributed by atoms with Crippen molar-refractivity contribution in [3.8, 4) is 0 Å². The summed E-state index contributed by atoms with van der Waals surface area (Å²) >= 11 is 0. The molecule has 0 N–H and O–H groups in total. The SMILES string of the molecule is CC1=C[N+](CC(=O)c2ccccc2)=C2C=CC=CC12. The Hall–Kier alpha value is -2.22. The van der Waals surface area contributed by atoms with Gasteiger partial charge in [-0.25, -0.2) is 0 Å². The molecular weight excluding hydrogens is 234 g/mol. The number of ketones is 1. The Morgan fingerprint density at radius 2 is 2.00 bits per heavy atom. The Kier molecular flexibility index (Phi) is 3.00. The van der Waals surface area contributed by atoms with Crippen LogP contribution in [0.2, 0.25) is 0 Å². The highest BCUT2D eigenvalue weighted by molar-refractivity contribution is 6.01. The van der Waals surface area contributed by atoms with Gasteiger partial charge in [0.05, 0.1) is 5.92 Å². The monoisotopic (exact) mass is 250 g/mol. The molecule has 0 spiro atoms. The van der Waals surface area contributed by atoms with Gasteiger partial charge < -0.3 is 0 Å². The summed E-state index contributed by atoms with van der Waals surface area (Å²) in [7, 11) is 0. The molecule has 0 saturated heterocycles. The molecule has 1 aliphatic heterocycles. The first-order valence-electron chi connectivity index (χ1n) is 6.50. The summed E-state index contributed by atoms with van der Waals surface area (Å²) in [6.45, 7) is 2.52. The molecule has 0 fully saturated rings. The fourth-order valence-electron chi connectivity index (χ4n) is 2.60. The van der Waals surface area contributed by atoms with Gasteiger partial charge in [0.1, 0.15) is 0 Å². The highest BCUT2D eigenvalue weighted by atomic mass is 16.1. The van der Waals surface area contributed by atoms with Crippen LogP contribution in [0.1, 0.15) is 17.3 Å². The zero-order valence-corrected chi connectivity index (χ0v) is 10.9. The van der Waals surface area contributed by atoms with Crippen LogP contribution in [0.3, 0.4) is 0 Å². The second-order valence-electron chi connectivity index (χ2n) is 4.94. The fraction of sp³-hybridized carbons (Fsp3) is 0.176. The average molecular weight is 250 g/mol. The molecule has 19 heavy (non-hydrogen) atoms. The summed E-state index contributed by atoms with van der Waals surface area (Å²) in [6, 6.07) is 9.46. The van der Waals surface area contributed by atoms with E-state index in [2.05, 4.69) is 35.9 Å². The predicted octanol–water partition coefficient (Wildman–Crippen LogP) is 2.98. The number of carbonyl (C=O) groups is 1. The van der Waals surface area contributed by atoms with Gasteiger partial charge >= 0.3 is 0 Å². The first-order chi connectivity index (χ1) is 9.25. The molecule has 1 heterocycles. The lowest BCUT2D eigenvalue weighted by Gasteiger charge is -2.06. The van der Waals surface area contributed by atoms with Gasteiger partial charge in [0.25, 0.3) is 0 Å². The van der Waals surface area contributed by atoms with E-state index in [9.17, 15) is 4.79 Å². The van der Waals surface area contributed by atoms with E-state index in [1.807, 2.05) is 36.4 Å². The number of carbonyl (C=O) groups excluding carboxylic acids is 1. The number of nitrogens with zero attached hydrogens (tertiary/aromatic N) is 1. The summed E-state index contributed by atoms with van der Waals surface area (Å²) < 4.78 is 2.06. The quantitative estimate of drug-likeness (QED) is 0.596. The average Bonchev–Trinajstić information content (AvgIpc) is 2.77. The molecule has 94 valence electrons. The van der Waals surface area contributed by atoms with E-state index in [0.29, 0.717) is 12.5 Å². The van der Waals surface area contributed by atoms with Crippen LogP contribution in [-0.4, -0.2) is 22.6 Å². The van der Waals surface area contributed by atoms with Gasteiger partial charge in [0.15, 0.2) is 11.9 Å². The summed E-state index contributed by atoms with van der Waals surface area (Å²) in [5.74, 6) is 0.495. The molecule has 1 atom stereocenters. The highest BCUT2D eigenvalue weighted by Crippen LogP contribution is 2.24. The second-order valence-corrected chi connectivity index (χ2v) is 4.94. The largest absolute Gasteiger partial charge is 0.287 e. The van der Waals surface area contributed by atoms with Gasteiger partial charge in [-0.05, 0) is 6.92 Å². The third-order valence-electron chi connectivity index (χ3n) is 3.59. The van der Waals surface area contributed by atoms with Crippen LogP contribution < -0.4 is 0 Å². The third-order valence-corrected chi connectivity index (χ3v) is 3.59. The minimum atomic E-state index is 0.153. The van der Waals surface area contributed by atoms with Crippen LogP contribution in [0.25, 0.3) is 0 Å². The lowest BCUT2D eigenvalue weighted by molar-refractivity contribution is -0.439. The van der Waals surface area contributed by atoms with E-state index < -0.39 is 0 Å². The van der Waals surface area contributed by atoms with E-state index in [4.69, 9.17) is 0 Å². The Morgan fingerprint density at radius 1 is 1.21 bits per heavy atom. The van der Waals surface area contributed by atoms with Gasteiger partial charge in [-0.3, -0.25) is 4.79 Å². The molecule has 2 nitrogen and oxygen atoms in total. The van der Waals surface area contributed by atoms with E-state index >= 15 is 0 Å². The van der Waals surface area contributed by atoms with Crippen molar-refractivity contribution in [3.05, 3.63) is 72.0 Å². The van der Waals surface area contributed by atoms with Crippen molar-refractivity contribution in [2.75, 3.05) is 6.54 Å². The van der Waals surface area contributed by atoms with Gasteiger partial charge in [-0.2, -0.15) is 4.58 Å². The standard InChI is InChI=1S/C17H16NO/c1-13-11-18(16-10-6-5-9-15(13)16)12-17(19)14-7-3-2-4-8-14/h2-11,15H,12H2,1H3/q+1. The third kappa shape index (κ3) is 2.22. The topological polar surface area (TPSA) is 20.1 Å². The normalized spacial score (nSPS) is 20.5. The molecule has 1 unspecified atom stereocenters. The van der Waals surface area contributed by atoms with E-state index in [-0.39, 0.29) is 5.78 Å². The molecule has 0 saturated carbocycles. The van der Waals surface area contributed by atoms with Gasteiger partial charge in [0.2, 0.25) is 12.3 Å². The molecule has 3 rings (SSSR count). The summed E-state index contributed by atoms with van der Waals surface area (Å²) in [6.07, 6.45) is 10.4. The van der Waals surface area contributed by atoms with E-state index in [0.717, 1.165) is 5.56 Å². The summed E-state index contributed by atoms with van der Waals surface area (Å²) in [5.41, 5.74) is 3.26. The number of benzene rings is 1. The predicted molar refractivity (Wildman–Crippen MR) is 76.4 cm³/mol. The van der Waals surface area contributed by atoms with Crippen LogP contribution in [0.5, 0.6) is 0 Å². The van der Waals surface area contributed by atoms with Gasteiger partial charge in [-0.1, -0.05) is 48.6 Å². The van der Waals surface area contributed by atoms with Crippen molar-refractivity contribution in [1.82, 2.24) is 0 Å². The zero-order valence-electron chi connectivity index (χ0n) is 10.9. The minimum Gasteiger partial charge on any atom is -0.287 e. The Balaban J connectivity index is 1.86. The van der Waals surface area contributed by atoms with Crippen molar-refractivity contribution in [3.63, 3.8) is 0 Å². The van der Waals surface area contributed by atoms with Crippen LogP contribution in [0.4, 0.5) is 0 Å². The molecule has 0 amide bonds. The molecule has 1 aromatic carbocycles. The lowest BCUT2D eigenvalue weighted by atomic mass is 9.94. The van der Waals surface area contributed by atoms with Gasteiger partial charge in [-0.15, -0.1) is 0 Å². The van der Waals surface area contributed by atoms with Crippen LogP contribution in [0.15, 0.2) is 66.4 Å². The van der Waals surface area contributed by atoms with Gasteiger partial charge in [0, 0.05) is 17.2 Å². The van der Waals surface area contributed by atoms with Crippen molar-refractivity contribution >= 4 is 11.5 Å². The van der Waals surface area contributed by atoms with Crippen molar-refractivity contribution in [1.29, 1.82) is 0 Å². The molecule has 0 aromatic heterocycles. The molecular formula is C17H16NO+. The van der Waals surface area contributed by atoms with Crippen molar-refractivity contribution in [2.45, 2.75) is 6.92 Å². The number of rotatable bonds is 3. The lowest BCUT2D eigenvalue weighted by Crippen LogP contribution is -2.23. The first kappa shape index (κ1) is 11.8. The molecule has 2 aliphatic rings. The molecule has 1 aromatic rings. The van der Waals surface area contributed by atoms with Crippen LogP contribution in [0, 0.1) is 5.92 Å². The van der Waals surface area contributed by atoms with E-state index in [1.165, 1.54) is 11.3 Å². The molecule has 1 aliphatic carbocycles. The summed E-state index contributed by atoms with van der Waals surface area (Å²) in [4.78, 5) is 12.3. The molecule has 0 radical (unpaired) electrons. The molecule has 0 bridgehead atoms. The minimum absolute atomic E-state index is 0.153. The van der Waals surface area contributed by atoms with Crippen molar-refractivity contribution < 1.29 is 9.37 Å². The molecule has 2 heteroatoms. The van der Waals surface area contributed by atoms with Crippen LogP contribution >= 0.6 is 0 Å². The number of hydrogen-bond acceptors (Lipinski definition) is 1. The maximum atomic E-state index is 12.3. The zero-order chi connectivity index (χ0) is 13.2. The second kappa shape index (κ2) is 4.81. The maximum Gasteiger partial charge on any atom is 0.227 e. The number of allylic oxidation sites excluding steroid dienone is 5. The Morgan fingerprint density at radius 3 is 2.79 bits per heavy atom. The highest BCUT2D eigenvalue weighted by Gasteiger charge is 2.31. The maximum absolute atomic E-state index is 12.3. The van der Waals surface area contributed by atoms with Crippen LogP contribution in [-0.2, 0) is 0 Å². The first-order valence-corrected chi connectivity index (χ1v) is 6.50.